The van der Waals surface area contributed by atoms with E-state index in [2.05, 4.69) is 85.1 Å². The van der Waals surface area contributed by atoms with E-state index in [1.165, 1.54) is 32.9 Å². The summed E-state index contributed by atoms with van der Waals surface area (Å²) in [5, 5.41) is 6.58. The molecule has 1 aromatic heterocycles. The summed E-state index contributed by atoms with van der Waals surface area (Å²) in [7, 11) is -3.32. The van der Waals surface area contributed by atoms with Crippen LogP contribution in [-0.2, 0) is 4.57 Å². The average Bonchev–Trinajstić information content (AvgIpc) is 3.40. The van der Waals surface area contributed by atoms with Gasteiger partial charge in [0, 0.05) is 16.5 Å². The maximum Gasteiger partial charge on any atom is 0.186 e. The van der Waals surface area contributed by atoms with Crippen LogP contribution in [0.4, 0.5) is 0 Å². The van der Waals surface area contributed by atoms with Crippen molar-refractivity contribution >= 4 is 55.6 Å². The number of ether oxygens (including phenoxy) is 2. The minimum atomic E-state index is -3.32. The third kappa shape index (κ3) is 3.68. The van der Waals surface area contributed by atoms with Gasteiger partial charge in [-0.1, -0.05) is 77.9 Å². The zero-order valence-electron chi connectivity index (χ0n) is 25.8. The zero-order chi connectivity index (χ0) is 31.4. The van der Waals surface area contributed by atoms with Gasteiger partial charge in [-0.05, 0) is 102 Å². The molecule has 3 heterocycles. The second kappa shape index (κ2) is 9.48. The monoisotopic (exact) mass is 625 g/mol. The van der Waals surface area contributed by atoms with Crippen LogP contribution in [0.3, 0.4) is 0 Å². The number of hydrogen-bond donors (Lipinski definition) is 0. The molecule has 47 heavy (non-hydrogen) atoms. The van der Waals surface area contributed by atoms with Crippen molar-refractivity contribution in [1.29, 1.82) is 0 Å². The highest BCUT2D eigenvalue weighted by Gasteiger charge is 2.47. The second-order valence-corrected chi connectivity index (χ2v) is 15.3. The molecular weight excluding hydrogens is 597 g/mol. The third-order valence-electron chi connectivity index (χ3n) is 9.71. The van der Waals surface area contributed by atoms with Crippen LogP contribution in [0.2, 0.25) is 0 Å². The first kappa shape index (κ1) is 26.6. The molecule has 1 atom stereocenters. The quantitative estimate of drug-likeness (QED) is 0.180. The van der Waals surface area contributed by atoms with Gasteiger partial charge in [0.1, 0.15) is 28.3 Å². The molecular formula is C42H28NO3P. The lowest BCUT2D eigenvalue weighted by Gasteiger charge is -2.35. The zero-order valence-corrected chi connectivity index (χ0v) is 26.7. The molecule has 0 bridgehead atoms. The Bertz CT molecular complexity index is 2610. The van der Waals surface area contributed by atoms with E-state index in [-0.39, 0.29) is 0 Å². The predicted octanol–water partition coefficient (Wildman–Crippen LogP) is 10.1. The SMILES string of the molecule is Cc1ccc2c(c1)c1cc(C)ccc1n2-c1ccc(-c2cc3c4c(c2)Oc2ccc5ccccc5c2P4(=O)c2ccccc2O3)cc1. The Morgan fingerprint density at radius 2 is 1.15 bits per heavy atom. The average molecular weight is 626 g/mol. The van der Waals surface area contributed by atoms with Crippen LogP contribution in [0.15, 0.2) is 133 Å². The van der Waals surface area contributed by atoms with E-state index in [0.717, 1.165) is 32.9 Å². The van der Waals surface area contributed by atoms with E-state index < -0.39 is 7.14 Å². The number of benzene rings is 7. The molecule has 1 unspecified atom stereocenters. The lowest BCUT2D eigenvalue weighted by atomic mass is 10.0. The van der Waals surface area contributed by atoms with Crippen molar-refractivity contribution in [2.24, 2.45) is 0 Å². The van der Waals surface area contributed by atoms with Gasteiger partial charge in [0.15, 0.2) is 7.14 Å². The van der Waals surface area contributed by atoms with Gasteiger partial charge in [0.25, 0.3) is 0 Å². The summed E-state index contributed by atoms with van der Waals surface area (Å²) < 4.78 is 31.1. The lowest BCUT2D eigenvalue weighted by molar-refractivity contribution is 0.462. The topological polar surface area (TPSA) is 40.5 Å². The van der Waals surface area contributed by atoms with E-state index in [1.54, 1.807) is 0 Å². The minimum absolute atomic E-state index is 0.579. The molecule has 2 aliphatic rings. The van der Waals surface area contributed by atoms with Gasteiger partial charge in [-0.25, -0.2) is 0 Å². The molecule has 0 saturated carbocycles. The number of rotatable bonds is 2. The molecule has 8 aromatic rings. The Labute approximate surface area is 271 Å². The van der Waals surface area contributed by atoms with Gasteiger partial charge >= 0.3 is 0 Å². The van der Waals surface area contributed by atoms with E-state index in [9.17, 15) is 0 Å². The largest absolute Gasteiger partial charge is 0.456 e. The molecule has 0 radical (unpaired) electrons. The van der Waals surface area contributed by atoms with E-state index in [1.807, 2.05) is 66.7 Å². The van der Waals surface area contributed by atoms with Crippen molar-refractivity contribution in [2.45, 2.75) is 13.8 Å². The Hall–Kier alpha value is -5.57. The Morgan fingerprint density at radius 3 is 1.87 bits per heavy atom. The number of nitrogens with zero attached hydrogens (tertiary/aromatic N) is 1. The summed E-state index contributed by atoms with van der Waals surface area (Å²) in [6, 6.07) is 45.8. The lowest BCUT2D eigenvalue weighted by Crippen LogP contribution is -2.35. The highest BCUT2D eigenvalue weighted by atomic mass is 31.2. The van der Waals surface area contributed by atoms with Crippen LogP contribution in [0.1, 0.15) is 11.1 Å². The van der Waals surface area contributed by atoms with Crippen molar-refractivity contribution in [2.75, 3.05) is 0 Å². The first-order chi connectivity index (χ1) is 23.0. The van der Waals surface area contributed by atoms with Gasteiger partial charge in [0.05, 0.1) is 21.6 Å². The van der Waals surface area contributed by atoms with Crippen LogP contribution < -0.4 is 25.4 Å². The second-order valence-electron chi connectivity index (χ2n) is 12.7. The fourth-order valence-electron chi connectivity index (χ4n) is 7.58. The van der Waals surface area contributed by atoms with Crippen LogP contribution in [0.5, 0.6) is 23.0 Å². The van der Waals surface area contributed by atoms with Crippen LogP contribution in [0, 0.1) is 13.8 Å². The number of fused-ring (bicyclic) bond motifs is 9. The van der Waals surface area contributed by atoms with Gasteiger partial charge in [0.2, 0.25) is 0 Å². The molecule has 0 spiro atoms. The van der Waals surface area contributed by atoms with Crippen molar-refractivity contribution in [1.82, 2.24) is 4.57 Å². The maximum absolute atomic E-state index is 15.7. The summed E-state index contributed by atoms with van der Waals surface area (Å²) in [4.78, 5) is 0. The van der Waals surface area contributed by atoms with Gasteiger partial charge < -0.3 is 18.6 Å². The fraction of sp³-hybridized carbons (Fsp3) is 0.0476. The normalized spacial score (nSPS) is 16.0. The fourth-order valence-corrected chi connectivity index (χ4v) is 10.8. The molecule has 0 aliphatic carbocycles. The smallest absolute Gasteiger partial charge is 0.186 e. The maximum atomic E-state index is 15.7. The first-order valence-corrected chi connectivity index (χ1v) is 17.6. The predicted molar refractivity (Wildman–Crippen MR) is 193 cm³/mol. The van der Waals surface area contributed by atoms with Crippen molar-refractivity contribution in [3.05, 3.63) is 145 Å². The summed E-state index contributed by atoms with van der Waals surface area (Å²) in [6.07, 6.45) is 0. The third-order valence-corrected chi connectivity index (χ3v) is 12.9. The minimum Gasteiger partial charge on any atom is -0.456 e. The highest BCUT2D eigenvalue weighted by molar-refractivity contribution is 7.86. The van der Waals surface area contributed by atoms with Crippen molar-refractivity contribution in [3.8, 4) is 39.8 Å². The number of aromatic nitrogens is 1. The molecule has 7 aromatic carbocycles. The molecule has 4 nitrogen and oxygen atoms in total. The number of para-hydroxylation sites is 1. The van der Waals surface area contributed by atoms with Crippen molar-refractivity contribution < 1.29 is 14.0 Å². The summed E-state index contributed by atoms with van der Waals surface area (Å²) in [6.45, 7) is 4.29. The van der Waals surface area contributed by atoms with Crippen LogP contribution >= 0.6 is 7.14 Å². The molecule has 0 fully saturated rings. The molecule has 0 saturated heterocycles. The summed E-state index contributed by atoms with van der Waals surface area (Å²) >= 11 is 0. The van der Waals surface area contributed by atoms with Crippen molar-refractivity contribution in [3.63, 3.8) is 0 Å². The van der Waals surface area contributed by atoms with E-state index >= 15 is 4.57 Å². The van der Waals surface area contributed by atoms with Gasteiger partial charge in [-0.3, -0.25) is 0 Å². The van der Waals surface area contributed by atoms with Crippen LogP contribution in [-0.4, -0.2) is 4.57 Å². The number of hydrogen-bond acceptors (Lipinski definition) is 3. The Balaban J connectivity index is 1.14. The standard InChI is InChI=1S/C42H28NO3P/c1-25-11-18-34-32(21-25)33-22-26(2)12-19-35(33)43(34)30-16-13-27(14-17-30)29-23-38-42-39(24-29)46-37-20-15-28-7-3-4-8-31(28)41(37)47(42,44)40-10-6-5-9-36(40)45-38/h3-24H,1-2H3. The molecule has 10 rings (SSSR count). The molecule has 224 valence electrons. The number of aryl methyl sites for hydroxylation is 2. The summed E-state index contributed by atoms with van der Waals surface area (Å²) in [5.41, 5.74) is 7.91. The van der Waals surface area contributed by atoms with Gasteiger partial charge in [-0.2, -0.15) is 0 Å². The molecule has 0 amide bonds. The van der Waals surface area contributed by atoms with Gasteiger partial charge in [-0.15, -0.1) is 0 Å². The van der Waals surface area contributed by atoms with E-state index in [0.29, 0.717) is 33.6 Å². The summed E-state index contributed by atoms with van der Waals surface area (Å²) in [5.74, 6) is 2.41. The first-order valence-electron chi connectivity index (χ1n) is 15.9. The molecule has 2 aliphatic heterocycles. The van der Waals surface area contributed by atoms with E-state index in [4.69, 9.17) is 9.47 Å². The van der Waals surface area contributed by atoms with Crippen LogP contribution in [0.25, 0.3) is 49.4 Å². The molecule has 5 heteroatoms. The Morgan fingerprint density at radius 1 is 0.511 bits per heavy atom. The molecule has 0 N–H and O–H groups in total. The highest BCUT2D eigenvalue weighted by Crippen LogP contribution is 2.60. The Kier molecular flexibility index (Phi) is 5.37.